The highest BCUT2D eigenvalue weighted by Gasteiger charge is 2.10. The minimum absolute atomic E-state index is 0.355. The molecule has 1 atom stereocenters. The SMILES string of the molecule is CCCCOC(=O)OC(O)CCC. The zero-order chi connectivity index (χ0) is 10.1. The fraction of sp³-hybridized carbons (Fsp3) is 0.889. The lowest BCUT2D eigenvalue weighted by Crippen LogP contribution is -2.18. The molecule has 0 saturated heterocycles. The van der Waals surface area contributed by atoms with E-state index in [9.17, 15) is 4.79 Å². The number of aliphatic hydroxyl groups is 1. The van der Waals surface area contributed by atoms with E-state index < -0.39 is 12.4 Å². The van der Waals surface area contributed by atoms with Crippen molar-refractivity contribution in [3.63, 3.8) is 0 Å². The second kappa shape index (κ2) is 7.86. The molecule has 0 aromatic carbocycles. The predicted molar refractivity (Wildman–Crippen MR) is 48.3 cm³/mol. The normalized spacial score (nSPS) is 12.2. The van der Waals surface area contributed by atoms with Crippen LogP contribution in [0.1, 0.15) is 39.5 Å². The molecule has 0 saturated carbocycles. The van der Waals surface area contributed by atoms with Crippen molar-refractivity contribution in [3.8, 4) is 0 Å². The van der Waals surface area contributed by atoms with E-state index in [1.807, 2.05) is 13.8 Å². The van der Waals surface area contributed by atoms with E-state index in [0.717, 1.165) is 19.3 Å². The second-order valence-electron chi connectivity index (χ2n) is 2.81. The third kappa shape index (κ3) is 7.59. The van der Waals surface area contributed by atoms with Crippen molar-refractivity contribution in [2.45, 2.75) is 45.8 Å². The average molecular weight is 190 g/mol. The van der Waals surface area contributed by atoms with Crippen molar-refractivity contribution in [1.82, 2.24) is 0 Å². The fourth-order valence-electron chi connectivity index (χ4n) is 0.751. The Morgan fingerprint density at radius 2 is 2.08 bits per heavy atom. The maximum absolute atomic E-state index is 10.8. The van der Waals surface area contributed by atoms with Gasteiger partial charge in [0.25, 0.3) is 0 Å². The minimum atomic E-state index is -1.03. The van der Waals surface area contributed by atoms with E-state index in [2.05, 4.69) is 9.47 Å². The van der Waals surface area contributed by atoms with E-state index in [-0.39, 0.29) is 0 Å². The van der Waals surface area contributed by atoms with Crippen LogP contribution in [0.2, 0.25) is 0 Å². The quantitative estimate of drug-likeness (QED) is 0.395. The molecular formula is C9H18O4. The lowest BCUT2D eigenvalue weighted by atomic mass is 10.3. The first-order chi connectivity index (χ1) is 6.20. The smallest absolute Gasteiger partial charge is 0.434 e. The lowest BCUT2D eigenvalue weighted by Gasteiger charge is -2.10. The Kier molecular flexibility index (Phi) is 7.39. The van der Waals surface area contributed by atoms with E-state index >= 15 is 0 Å². The minimum Gasteiger partial charge on any atom is -0.434 e. The molecule has 0 aromatic heterocycles. The number of carbonyl (C=O) groups is 1. The van der Waals surface area contributed by atoms with Gasteiger partial charge in [0.1, 0.15) is 0 Å². The summed E-state index contributed by atoms with van der Waals surface area (Å²) in [5, 5.41) is 9.05. The maximum Gasteiger partial charge on any atom is 0.510 e. The maximum atomic E-state index is 10.8. The van der Waals surface area contributed by atoms with Gasteiger partial charge in [0.2, 0.25) is 6.29 Å². The summed E-state index contributed by atoms with van der Waals surface area (Å²) in [7, 11) is 0. The Morgan fingerprint density at radius 3 is 2.62 bits per heavy atom. The first-order valence-corrected chi connectivity index (χ1v) is 4.72. The summed E-state index contributed by atoms with van der Waals surface area (Å²) in [6.07, 6.45) is 1.18. The topological polar surface area (TPSA) is 55.8 Å². The Bertz CT molecular complexity index is 136. The van der Waals surface area contributed by atoms with Crippen molar-refractivity contribution in [2.24, 2.45) is 0 Å². The van der Waals surface area contributed by atoms with Gasteiger partial charge < -0.3 is 14.6 Å². The molecule has 0 rings (SSSR count). The summed E-state index contributed by atoms with van der Waals surface area (Å²) in [4.78, 5) is 10.8. The van der Waals surface area contributed by atoms with Gasteiger partial charge in [-0.15, -0.1) is 0 Å². The Balaban J connectivity index is 3.38. The van der Waals surface area contributed by atoms with Crippen LogP contribution in [-0.4, -0.2) is 24.2 Å². The van der Waals surface area contributed by atoms with Gasteiger partial charge in [-0.1, -0.05) is 26.7 Å². The van der Waals surface area contributed by atoms with Crippen LogP contribution in [0.4, 0.5) is 4.79 Å². The second-order valence-corrected chi connectivity index (χ2v) is 2.81. The monoisotopic (exact) mass is 190 g/mol. The molecule has 0 spiro atoms. The van der Waals surface area contributed by atoms with Gasteiger partial charge >= 0.3 is 6.16 Å². The van der Waals surface area contributed by atoms with Crippen LogP contribution in [0.25, 0.3) is 0 Å². The summed E-state index contributed by atoms with van der Waals surface area (Å²) in [6.45, 7) is 4.25. The van der Waals surface area contributed by atoms with Crippen molar-refractivity contribution in [2.75, 3.05) is 6.61 Å². The summed E-state index contributed by atoms with van der Waals surface area (Å²) in [5.41, 5.74) is 0. The summed E-state index contributed by atoms with van der Waals surface area (Å²) in [6, 6.07) is 0. The van der Waals surface area contributed by atoms with Crippen LogP contribution in [0.3, 0.4) is 0 Å². The van der Waals surface area contributed by atoms with Gasteiger partial charge in [0.05, 0.1) is 6.61 Å². The molecule has 0 heterocycles. The van der Waals surface area contributed by atoms with Gasteiger partial charge in [0.15, 0.2) is 0 Å². The van der Waals surface area contributed by atoms with Crippen LogP contribution in [0.15, 0.2) is 0 Å². The zero-order valence-corrected chi connectivity index (χ0v) is 8.28. The van der Waals surface area contributed by atoms with Crippen LogP contribution >= 0.6 is 0 Å². The first-order valence-electron chi connectivity index (χ1n) is 4.72. The molecule has 0 aliphatic carbocycles. The van der Waals surface area contributed by atoms with Crippen LogP contribution in [0, 0.1) is 0 Å². The van der Waals surface area contributed by atoms with Crippen LogP contribution < -0.4 is 0 Å². The summed E-state index contributed by atoms with van der Waals surface area (Å²) in [5.74, 6) is 0. The number of unbranched alkanes of at least 4 members (excludes halogenated alkanes) is 1. The van der Waals surface area contributed by atoms with E-state index in [1.165, 1.54) is 0 Å². The molecule has 4 heteroatoms. The number of hydrogen-bond acceptors (Lipinski definition) is 4. The van der Waals surface area contributed by atoms with Gasteiger partial charge in [-0.05, 0) is 6.42 Å². The van der Waals surface area contributed by atoms with Crippen molar-refractivity contribution >= 4 is 6.16 Å². The molecule has 0 bridgehead atoms. The molecule has 0 aliphatic rings. The third-order valence-corrected chi connectivity index (χ3v) is 1.49. The molecule has 1 N–H and O–H groups in total. The fourth-order valence-corrected chi connectivity index (χ4v) is 0.751. The predicted octanol–water partition coefficient (Wildman–Crippen LogP) is 2.06. The van der Waals surface area contributed by atoms with Crippen molar-refractivity contribution in [3.05, 3.63) is 0 Å². The Hall–Kier alpha value is -0.770. The molecule has 0 aromatic rings. The van der Waals surface area contributed by atoms with Gasteiger partial charge in [-0.25, -0.2) is 4.79 Å². The van der Waals surface area contributed by atoms with Crippen LogP contribution in [0.5, 0.6) is 0 Å². The third-order valence-electron chi connectivity index (χ3n) is 1.49. The Morgan fingerprint density at radius 1 is 1.38 bits per heavy atom. The van der Waals surface area contributed by atoms with Crippen molar-refractivity contribution < 1.29 is 19.4 Å². The van der Waals surface area contributed by atoms with Gasteiger partial charge in [-0.3, -0.25) is 0 Å². The molecule has 0 radical (unpaired) electrons. The highest BCUT2D eigenvalue weighted by Crippen LogP contribution is 2.00. The molecular weight excluding hydrogens is 172 g/mol. The highest BCUT2D eigenvalue weighted by atomic mass is 16.8. The molecule has 0 aliphatic heterocycles. The summed E-state index contributed by atoms with van der Waals surface area (Å²) >= 11 is 0. The zero-order valence-electron chi connectivity index (χ0n) is 8.28. The molecule has 13 heavy (non-hydrogen) atoms. The number of ether oxygens (including phenoxy) is 2. The highest BCUT2D eigenvalue weighted by molar-refractivity contribution is 5.59. The molecule has 1 unspecified atom stereocenters. The number of hydrogen-bond donors (Lipinski definition) is 1. The van der Waals surface area contributed by atoms with Gasteiger partial charge in [0, 0.05) is 6.42 Å². The van der Waals surface area contributed by atoms with E-state index in [4.69, 9.17) is 5.11 Å². The number of aliphatic hydroxyl groups excluding tert-OH is 1. The largest absolute Gasteiger partial charge is 0.510 e. The van der Waals surface area contributed by atoms with Gasteiger partial charge in [-0.2, -0.15) is 0 Å². The average Bonchev–Trinajstić information content (AvgIpc) is 2.05. The van der Waals surface area contributed by atoms with Crippen LogP contribution in [-0.2, 0) is 9.47 Å². The lowest BCUT2D eigenvalue weighted by molar-refractivity contribution is -0.0840. The molecule has 78 valence electrons. The van der Waals surface area contributed by atoms with E-state index in [1.54, 1.807) is 0 Å². The number of rotatable bonds is 6. The molecule has 4 nitrogen and oxygen atoms in total. The summed E-state index contributed by atoms with van der Waals surface area (Å²) < 4.78 is 9.21. The molecule has 0 fully saturated rings. The van der Waals surface area contributed by atoms with E-state index in [0.29, 0.717) is 13.0 Å². The first kappa shape index (κ1) is 12.2. The Labute approximate surface area is 78.8 Å². The van der Waals surface area contributed by atoms with Crippen molar-refractivity contribution in [1.29, 1.82) is 0 Å². The number of carbonyl (C=O) groups excluding carboxylic acids is 1. The molecule has 0 amide bonds. The standard InChI is InChI=1S/C9H18O4/c1-3-5-7-12-9(11)13-8(10)6-4-2/h8,10H,3-7H2,1-2H3.